The molecule has 0 aliphatic carbocycles. The third-order valence-electron chi connectivity index (χ3n) is 4.96. The second-order valence-corrected chi connectivity index (χ2v) is 10.7. The summed E-state index contributed by atoms with van der Waals surface area (Å²) in [6.45, 7) is 0.822. The Balaban J connectivity index is 2.68. The van der Waals surface area contributed by atoms with Crippen molar-refractivity contribution in [3.05, 3.63) is 23.9 Å². The number of amides is 3. The molecule has 0 aliphatic rings. The molecule has 1 rings (SSSR count). The molecule has 1 aromatic rings. The minimum atomic E-state index is -1.10. The minimum Gasteiger partial charge on any atom is -0.467 e. The van der Waals surface area contributed by atoms with Crippen LogP contribution in [-0.2, 0) is 28.2 Å². The Hall–Kier alpha value is -2.59. The Morgan fingerprint density at radius 2 is 1.82 bits per heavy atom. The minimum absolute atomic E-state index is 0.0405. The first-order valence-corrected chi connectivity index (χ1v) is 14.3. The molecule has 0 aliphatic heterocycles. The van der Waals surface area contributed by atoms with Crippen LogP contribution in [-0.4, -0.2) is 110 Å². The molecule has 16 heteroatoms. The molecule has 13 nitrogen and oxygen atoms in total. The van der Waals surface area contributed by atoms with Gasteiger partial charge in [0.05, 0.1) is 17.7 Å². The van der Waals surface area contributed by atoms with Gasteiger partial charge in [0.15, 0.2) is 0 Å². The maximum absolute atomic E-state index is 12.9. The number of hydrogen-bond acceptors (Lipinski definition) is 12. The molecule has 0 aromatic carbocycles. The number of hydrogen-bond donors (Lipinski definition) is 4. The molecule has 0 radical (unpaired) electrons. The smallest absolute Gasteiger partial charge is 0.357 e. The van der Waals surface area contributed by atoms with Gasteiger partial charge in [-0.05, 0) is 26.2 Å². The quantitative estimate of drug-likeness (QED) is 0.0980. The first kappa shape index (κ1) is 34.4. The Labute approximate surface area is 241 Å². The summed E-state index contributed by atoms with van der Waals surface area (Å²) in [7, 11) is 5.13. The fourth-order valence-electron chi connectivity index (χ4n) is 2.80. The van der Waals surface area contributed by atoms with Gasteiger partial charge >= 0.3 is 11.9 Å². The summed E-state index contributed by atoms with van der Waals surface area (Å²) in [4.78, 5) is 66.9. The average molecular weight is 607 g/mol. The van der Waals surface area contributed by atoms with E-state index in [9.17, 15) is 24.0 Å². The zero-order valence-electron chi connectivity index (χ0n) is 22.1. The van der Waals surface area contributed by atoms with Crippen LogP contribution in [0.3, 0.4) is 0 Å². The number of rotatable bonds is 18. The van der Waals surface area contributed by atoms with Gasteiger partial charge in [-0.2, -0.15) is 11.8 Å². The predicted octanol–water partition coefficient (Wildman–Crippen LogP) is -0.223. The Morgan fingerprint density at radius 3 is 2.41 bits per heavy atom. The lowest BCUT2D eigenvalue weighted by Crippen LogP contribution is -2.55. The highest BCUT2D eigenvalue weighted by Crippen LogP contribution is 2.17. The molecular weight excluding hydrogens is 572 g/mol. The number of ether oxygens (including phenoxy) is 1. The Kier molecular flexibility index (Phi) is 17.2. The first-order valence-electron chi connectivity index (χ1n) is 11.9. The fraction of sp³-hybridized carbons (Fsp3) is 0.565. The summed E-state index contributed by atoms with van der Waals surface area (Å²) in [6.07, 6.45) is 1.54. The van der Waals surface area contributed by atoms with Crippen LogP contribution in [0.2, 0.25) is 0 Å². The highest BCUT2D eigenvalue weighted by atomic mass is 35.5. The maximum atomic E-state index is 12.9. The lowest BCUT2D eigenvalue weighted by molar-refractivity contribution is -0.145. The van der Waals surface area contributed by atoms with Gasteiger partial charge in [-0.3, -0.25) is 14.4 Å². The summed E-state index contributed by atoms with van der Waals surface area (Å²) >= 11 is 7.86. The van der Waals surface area contributed by atoms with Gasteiger partial charge in [0, 0.05) is 55.9 Å². The highest BCUT2D eigenvalue weighted by Gasteiger charge is 2.27. The number of aromatic nitrogens is 1. The van der Waals surface area contributed by atoms with Gasteiger partial charge < -0.3 is 35.6 Å². The van der Waals surface area contributed by atoms with E-state index >= 15 is 0 Å². The summed E-state index contributed by atoms with van der Waals surface area (Å²) in [6, 6.07) is 0.801. The normalized spacial score (nSPS) is 12.3. The number of halogens is 1. The van der Waals surface area contributed by atoms with Crippen molar-refractivity contribution in [1.82, 2.24) is 25.8 Å². The van der Waals surface area contributed by atoms with Crippen LogP contribution in [0.5, 0.6) is 0 Å². The number of nitrogens with one attached hydrogen (secondary N) is 3. The third-order valence-corrected chi connectivity index (χ3v) is 7.10. The zero-order chi connectivity index (χ0) is 29.2. The number of carbonyl (C=O) groups is 5. The molecule has 2 atom stereocenters. The van der Waals surface area contributed by atoms with Gasteiger partial charge in [0.25, 0.3) is 0 Å². The van der Waals surface area contributed by atoms with E-state index in [2.05, 4.69) is 34.9 Å². The number of carbonyl (C=O) groups excluding carboxylic acids is 5. The van der Waals surface area contributed by atoms with Crippen LogP contribution in [0.15, 0.2) is 23.4 Å². The molecule has 218 valence electrons. The van der Waals surface area contributed by atoms with Crippen LogP contribution < -0.4 is 21.7 Å². The number of esters is 1. The molecule has 0 fully saturated rings. The van der Waals surface area contributed by atoms with Crippen molar-refractivity contribution >= 4 is 65.0 Å². The maximum Gasteiger partial charge on any atom is 0.357 e. The van der Waals surface area contributed by atoms with E-state index in [1.807, 2.05) is 14.1 Å². The van der Waals surface area contributed by atoms with Gasteiger partial charge in [-0.15, -0.1) is 11.8 Å². The van der Waals surface area contributed by atoms with E-state index < -0.39 is 35.8 Å². The van der Waals surface area contributed by atoms with E-state index in [4.69, 9.17) is 17.6 Å². The van der Waals surface area contributed by atoms with E-state index in [1.165, 1.54) is 25.4 Å². The third kappa shape index (κ3) is 14.4. The van der Waals surface area contributed by atoms with Crippen LogP contribution in [0.25, 0.3) is 0 Å². The van der Waals surface area contributed by atoms with E-state index in [-0.39, 0.29) is 36.7 Å². The van der Waals surface area contributed by atoms with Crippen molar-refractivity contribution < 1.29 is 33.0 Å². The summed E-state index contributed by atoms with van der Waals surface area (Å²) < 4.78 is 8.75. The molecular formula is C23H35ClN6O7S2. The van der Waals surface area contributed by atoms with Crippen LogP contribution in [0.4, 0.5) is 0 Å². The second kappa shape index (κ2) is 19.5. The molecule has 1 unspecified atom stereocenters. The average Bonchev–Trinajstić information content (AvgIpc) is 2.92. The summed E-state index contributed by atoms with van der Waals surface area (Å²) in [5.41, 5.74) is 5.70. The molecule has 0 saturated heterocycles. The molecule has 0 bridgehead atoms. The van der Waals surface area contributed by atoms with Crippen LogP contribution in [0.1, 0.15) is 23.2 Å². The topological polar surface area (TPSA) is 182 Å². The monoisotopic (exact) mass is 606 g/mol. The van der Waals surface area contributed by atoms with Crippen molar-refractivity contribution in [3.8, 4) is 0 Å². The van der Waals surface area contributed by atoms with Crippen molar-refractivity contribution in [2.24, 2.45) is 5.73 Å². The van der Waals surface area contributed by atoms with Gasteiger partial charge in [-0.1, -0.05) is 0 Å². The van der Waals surface area contributed by atoms with E-state index in [0.29, 0.717) is 17.2 Å². The number of nitrogens with two attached hydrogens (primary N) is 1. The van der Waals surface area contributed by atoms with Gasteiger partial charge in [0.2, 0.25) is 17.7 Å². The van der Waals surface area contributed by atoms with Crippen molar-refractivity contribution in [3.63, 3.8) is 0 Å². The summed E-state index contributed by atoms with van der Waals surface area (Å²) in [5.74, 6) is -1.16. The van der Waals surface area contributed by atoms with Gasteiger partial charge in [0.1, 0.15) is 23.9 Å². The van der Waals surface area contributed by atoms with E-state index in [1.54, 1.807) is 11.8 Å². The van der Waals surface area contributed by atoms with Crippen LogP contribution >= 0.6 is 35.4 Å². The molecule has 0 spiro atoms. The number of nitrogens with zero attached hydrogens (tertiary/aromatic N) is 2. The highest BCUT2D eigenvalue weighted by molar-refractivity contribution is 7.99. The standard InChI is InChI=1S/C23H35ClN6O7S2/c1-30(2)9-11-38-10-7-18(31)26-8-6-19(32)28-17(21(33)29-16(12-25)23(35)36-3)14-39-20-5-4-15(13-27-20)22(34)37-24/h4-5,13,16-17H,6-12,14,25H2,1-3H3,(H,26,31)(H,28,32)(H,29,33)/t16?,17-/m0/s1. The SMILES string of the molecule is COC(=O)C(CN)NC(=O)[C@H](CSc1ccc(C(=O)OCl)cn1)NC(=O)CCNC(=O)CCSCCN(C)C. The zero-order valence-corrected chi connectivity index (χ0v) is 24.5. The molecule has 39 heavy (non-hydrogen) atoms. The fourth-order valence-corrected chi connectivity index (χ4v) is 4.78. The predicted molar refractivity (Wildman–Crippen MR) is 149 cm³/mol. The van der Waals surface area contributed by atoms with Crippen molar-refractivity contribution in [2.45, 2.75) is 30.0 Å². The number of thioether (sulfide) groups is 2. The van der Waals surface area contributed by atoms with E-state index in [0.717, 1.165) is 24.1 Å². The largest absolute Gasteiger partial charge is 0.467 e. The van der Waals surface area contributed by atoms with Gasteiger partial charge in [-0.25, -0.2) is 14.6 Å². The molecule has 0 saturated carbocycles. The first-order chi connectivity index (χ1) is 18.6. The number of methoxy groups -OCH3 is 1. The molecule has 3 amide bonds. The molecule has 1 heterocycles. The lowest BCUT2D eigenvalue weighted by Gasteiger charge is -2.21. The molecule has 1 aromatic heterocycles. The number of pyridine rings is 1. The Morgan fingerprint density at radius 1 is 1.08 bits per heavy atom. The Bertz CT molecular complexity index is 955. The second-order valence-electron chi connectivity index (χ2n) is 8.27. The van der Waals surface area contributed by atoms with Crippen molar-refractivity contribution in [2.75, 3.05) is 58.1 Å². The summed E-state index contributed by atoms with van der Waals surface area (Å²) in [5, 5.41) is 8.22. The van der Waals surface area contributed by atoms with Crippen molar-refractivity contribution in [1.29, 1.82) is 0 Å². The van der Waals surface area contributed by atoms with Crippen LogP contribution in [0, 0.1) is 0 Å². The lowest BCUT2D eigenvalue weighted by atomic mass is 10.2. The molecule has 5 N–H and O–H groups in total.